The molecule has 0 radical (unpaired) electrons. The van der Waals surface area contributed by atoms with Crippen LogP contribution in [0.4, 0.5) is 10.8 Å². The Morgan fingerprint density at radius 3 is 2.28 bits per heavy atom. The molecule has 0 aliphatic carbocycles. The fraction of sp³-hybridized carbons (Fsp3) is 0.474. The van der Waals surface area contributed by atoms with Gasteiger partial charge in [-0.2, -0.15) is 0 Å². The number of aromatic nitrogens is 1. The predicted octanol–water partition coefficient (Wildman–Crippen LogP) is 4.39. The molecule has 6 heteroatoms. The van der Waals surface area contributed by atoms with Crippen molar-refractivity contribution >= 4 is 28.1 Å². The van der Waals surface area contributed by atoms with Crippen molar-refractivity contribution in [2.75, 3.05) is 17.3 Å². The molecule has 2 rings (SSSR count). The Hall–Kier alpha value is -1.92. The monoisotopic (exact) mass is 360 g/mol. The van der Waals surface area contributed by atoms with Gasteiger partial charge in [0.15, 0.2) is 5.13 Å². The summed E-state index contributed by atoms with van der Waals surface area (Å²) in [7, 11) is 0. The molecule has 0 bridgehead atoms. The fourth-order valence-electron chi connectivity index (χ4n) is 2.62. The average molecular weight is 361 g/mol. The lowest BCUT2D eigenvalue weighted by Gasteiger charge is -2.20. The summed E-state index contributed by atoms with van der Waals surface area (Å²) in [4.78, 5) is 17.8. The summed E-state index contributed by atoms with van der Waals surface area (Å²) in [5.41, 5.74) is 4.98. The number of amides is 1. The first-order chi connectivity index (χ1) is 11.6. The molecule has 0 aliphatic heterocycles. The zero-order valence-electron chi connectivity index (χ0n) is 16.1. The molecular formula is C19H28N4OS. The number of hydrogen-bond acceptors (Lipinski definition) is 5. The number of benzene rings is 1. The van der Waals surface area contributed by atoms with Crippen LogP contribution in [0.2, 0.25) is 0 Å². The third-order valence-electron chi connectivity index (χ3n) is 3.78. The largest absolute Gasteiger partial charge is 0.349 e. The normalized spacial score (nSPS) is 11.5. The minimum atomic E-state index is -0.109. The van der Waals surface area contributed by atoms with Crippen LogP contribution < -0.4 is 16.0 Å². The minimum Gasteiger partial charge on any atom is -0.349 e. The lowest BCUT2D eigenvalue weighted by atomic mass is 10.1. The highest BCUT2D eigenvalue weighted by molar-refractivity contribution is 7.17. The summed E-state index contributed by atoms with van der Waals surface area (Å²) in [6, 6.07) is 4.15. The number of nitrogens with zero attached hydrogens (tertiary/aromatic N) is 1. The molecule has 136 valence electrons. The molecular weight excluding hydrogens is 332 g/mol. The van der Waals surface area contributed by atoms with E-state index in [1.54, 1.807) is 0 Å². The van der Waals surface area contributed by atoms with E-state index < -0.39 is 0 Å². The smallest absolute Gasteiger partial charge is 0.267 e. The lowest BCUT2D eigenvalue weighted by Crippen LogP contribution is -2.39. The summed E-state index contributed by atoms with van der Waals surface area (Å²) in [6.07, 6.45) is 0. The van der Waals surface area contributed by atoms with Crippen LogP contribution in [0.15, 0.2) is 12.1 Å². The fourth-order valence-corrected chi connectivity index (χ4v) is 3.47. The van der Waals surface area contributed by atoms with E-state index in [2.05, 4.69) is 60.8 Å². The first-order valence-corrected chi connectivity index (χ1v) is 9.24. The van der Waals surface area contributed by atoms with Gasteiger partial charge in [0.25, 0.3) is 5.91 Å². The number of carbonyl (C=O) groups excluding carboxylic acids is 1. The van der Waals surface area contributed by atoms with E-state index in [1.165, 1.54) is 16.9 Å². The van der Waals surface area contributed by atoms with Gasteiger partial charge in [0.2, 0.25) is 0 Å². The van der Waals surface area contributed by atoms with Gasteiger partial charge in [0.1, 0.15) is 4.88 Å². The number of aryl methyl sites for hydroxylation is 4. The van der Waals surface area contributed by atoms with Gasteiger partial charge >= 0.3 is 0 Å². The van der Waals surface area contributed by atoms with Crippen molar-refractivity contribution in [3.8, 4) is 0 Å². The topological polar surface area (TPSA) is 66.1 Å². The summed E-state index contributed by atoms with van der Waals surface area (Å²) >= 11 is 1.38. The summed E-state index contributed by atoms with van der Waals surface area (Å²) < 4.78 is 0. The number of thiazole rings is 1. The zero-order valence-corrected chi connectivity index (χ0v) is 16.9. The molecule has 25 heavy (non-hydrogen) atoms. The molecule has 0 saturated heterocycles. The molecule has 0 saturated carbocycles. The minimum absolute atomic E-state index is 0.0278. The van der Waals surface area contributed by atoms with Crippen molar-refractivity contribution in [3.05, 3.63) is 39.4 Å². The quantitative estimate of drug-likeness (QED) is 0.692. The molecule has 0 atom stereocenters. The Labute approximate surface area is 154 Å². The summed E-state index contributed by atoms with van der Waals surface area (Å²) in [5, 5.41) is 10.4. The van der Waals surface area contributed by atoms with E-state index in [0.29, 0.717) is 11.5 Å². The third kappa shape index (κ3) is 5.28. The molecule has 0 spiro atoms. The van der Waals surface area contributed by atoms with Crippen LogP contribution in [-0.4, -0.2) is 23.1 Å². The van der Waals surface area contributed by atoms with Gasteiger partial charge in [0, 0.05) is 11.2 Å². The number of nitrogens with one attached hydrogen (secondary N) is 3. The van der Waals surface area contributed by atoms with Crippen molar-refractivity contribution in [1.82, 2.24) is 10.3 Å². The van der Waals surface area contributed by atoms with Crippen molar-refractivity contribution in [1.29, 1.82) is 0 Å². The molecule has 1 amide bonds. The van der Waals surface area contributed by atoms with Gasteiger partial charge in [-0.1, -0.05) is 29.0 Å². The standard InChI is InChI=1S/C19H28N4OS/c1-11-8-12(2)15(13(3)9-11)23-17(24)16-14(4)22-18(25-16)20-10-21-19(5,6)7/h8-9,21H,10H2,1-7H3,(H,20,22)(H,23,24). The van der Waals surface area contributed by atoms with Crippen LogP contribution in [0.25, 0.3) is 0 Å². The van der Waals surface area contributed by atoms with Crippen molar-refractivity contribution < 1.29 is 4.79 Å². The number of anilines is 2. The SMILES string of the molecule is Cc1cc(C)c(NC(=O)c2sc(NCNC(C)(C)C)nc2C)c(C)c1. The summed E-state index contributed by atoms with van der Waals surface area (Å²) in [5.74, 6) is -0.109. The highest BCUT2D eigenvalue weighted by Gasteiger charge is 2.17. The molecule has 2 aromatic rings. The van der Waals surface area contributed by atoms with E-state index in [1.807, 2.05) is 20.8 Å². The van der Waals surface area contributed by atoms with Crippen LogP contribution in [0.1, 0.15) is 52.8 Å². The maximum Gasteiger partial charge on any atom is 0.267 e. The Kier molecular flexibility index (Phi) is 5.85. The molecule has 1 heterocycles. The van der Waals surface area contributed by atoms with Gasteiger partial charge in [-0.25, -0.2) is 4.98 Å². The second-order valence-corrected chi connectivity index (χ2v) is 8.44. The average Bonchev–Trinajstić information content (AvgIpc) is 2.82. The van der Waals surface area contributed by atoms with Crippen molar-refractivity contribution in [2.24, 2.45) is 0 Å². The van der Waals surface area contributed by atoms with Crippen LogP contribution in [-0.2, 0) is 0 Å². The Bertz CT molecular complexity index is 751. The van der Waals surface area contributed by atoms with E-state index in [-0.39, 0.29) is 11.4 Å². The Morgan fingerprint density at radius 1 is 1.12 bits per heavy atom. The van der Waals surface area contributed by atoms with Gasteiger partial charge in [-0.05, 0) is 59.6 Å². The molecule has 5 nitrogen and oxygen atoms in total. The lowest BCUT2D eigenvalue weighted by molar-refractivity contribution is 0.102. The number of carbonyl (C=O) groups is 1. The maximum absolute atomic E-state index is 12.7. The van der Waals surface area contributed by atoms with Crippen molar-refractivity contribution in [3.63, 3.8) is 0 Å². The van der Waals surface area contributed by atoms with Crippen molar-refractivity contribution in [2.45, 2.75) is 54.0 Å². The van der Waals surface area contributed by atoms with Gasteiger partial charge in [0.05, 0.1) is 12.4 Å². The van der Waals surface area contributed by atoms with Crippen LogP contribution in [0.5, 0.6) is 0 Å². The molecule has 1 aromatic heterocycles. The first-order valence-electron chi connectivity index (χ1n) is 8.42. The number of rotatable bonds is 5. The highest BCUT2D eigenvalue weighted by Crippen LogP contribution is 2.26. The number of hydrogen-bond donors (Lipinski definition) is 3. The van der Waals surface area contributed by atoms with E-state index >= 15 is 0 Å². The van der Waals surface area contributed by atoms with E-state index in [9.17, 15) is 4.79 Å². The second-order valence-electron chi connectivity index (χ2n) is 7.44. The second kappa shape index (κ2) is 7.54. The van der Waals surface area contributed by atoms with Crippen LogP contribution >= 0.6 is 11.3 Å². The molecule has 0 unspecified atom stereocenters. The van der Waals surface area contributed by atoms with E-state index in [4.69, 9.17) is 0 Å². The van der Waals surface area contributed by atoms with E-state index in [0.717, 1.165) is 27.6 Å². The molecule has 3 N–H and O–H groups in total. The molecule has 0 fully saturated rings. The van der Waals surface area contributed by atoms with Crippen LogP contribution in [0.3, 0.4) is 0 Å². The van der Waals surface area contributed by atoms with Gasteiger partial charge in [-0.15, -0.1) is 0 Å². The Morgan fingerprint density at radius 2 is 1.72 bits per heavy atom. The summed E-state index contributed by atoms with van der Waals surface area (Å²) in [6.45, 7) is 14.9. The first kappa shape index (κ1) is 19.4. The highest BCUT2D eigenvalue weighted by atomic mass is 32.1. The third-order valence-corrected chi connectivity index (χ3v) is 4.89. The van der Waals surface area contributed by atoms with Gasteiger partial charge < -0.3 is 10.6 Å². The zero-order chi connectivity index (χ0) is 18.8. The maximum atomic E-state index is 12.7. The molecule has 0 aliphatic rings. The van der Waals surface area contributed by atoms with Crippen LogP contribution in [0, 0.1) is 27.7 Å². The van der Waals surface area contributed by atoms with Gasteiger partial charge in [-0.3, -0.25) is 10.1 Å². The predicted molar refractivity (Wildman–Crippen MR) is 107 cm³/mol. The Balaban J connectivity index is 2.10. The molecule has 1 aromatic carbocycles.